The maximum atomic E-state index is 12.3. The quantitative estimate of drug-likeness (QED) is 0.685. The Balaban J connectivity index is 1.65. The van der Waals surface area contributed by atoms with Gasteiger partial charge < -0.3 is 14.8 Å². The van der Waals surface area contributed by atoms with Crippen LogP contribution >= 0.6 is 0 Å². The van der Waals surface area contributed by atoms with Gasteiger partial charge in [0.25, 0.3) is 5.91 Å². The first-order chi connectivity index (χ1) is 12.7. The van der Waals surface area contributed by atoms with E-state index in [9.17, 15) is 4.79 Å². The van der Waals surface area contributed by atoms with Gasteiger partial charge in [0.05, 0.1) is 31.6 Å². The highest BCUT2D eigenvalue weighted by molar-refractivity contribution is 5.94. The summed E-state index contributed by atoms with van der Waals surface area (Å²) in [6.07, 6.45) is 0. The Morgan fingerprint density at radius 2 is 1.88 bits per heavy atom. The molecule has 0 aliphatic heterocycles. The lowest BCUT2D eigenvalue weighted by Crippen LogP contribution is -2.22. The number of amides is 1. The molecule has 0 unspecified atom stereocenters. The summed E-state index contributed by atoms with van der Waals surface area (Å²) in [4.78, 5) is 12.3. The van der Waals surface area contributed by atoms with E-state index >= 15 is 0 Å². The Kier molecular flexibility index (Phi) is 5.66. The Morgan fingerprint density at radius 1 is 1.12 bits per heavy atom. The van der Waals surface area contributed by atoms with Crippen LogP contribution in [0, 0.1) is 0 Å². The third kappa shape index (κ3) is 4.10. The van der Waals surface area contributed by atoms with Crippen molar-refractivity contribution in [3.05, 3.63) is 71.5 Å². The minimum absolute atomic E-state index is 0.139. The lowest BCUT2D eigenvalue weighted by Gasteiger charge is -2.09. The highest BCUT2D eigenvalue weighted by Crippen LogP contribution is 2.29. The van der Waals surface area contributed by atoms with Crippen LogP contribution in [-0.2, 0) is 17.9 Å². The van der Waals surface area contributed by atoms with E-state index in [2.05, 4.69) is 15.5 Å². The number of carbonyl (C=O) groups excluding carboxylic acids is 1. The van der Waals surface area contributed by atoms with Gasteiger partial charge in [-0.2, -0.15) is 5.10 Å². The number of carbonyl (C=O) groups is 1. The van der Waals surface area contributed by atoms with E-state index in [0.717, 1.165) is 28.3 Å². The van der Waals surface area contributed by atoms with Crippen molar-refractivity contribution < 1.29 is 14.3 Å². The Labute approximate surface area is 152 Å². The molecule has 3 aromatic rings. The van der Waals surface area contributed by atoms with Gasteiger partial charge in [-0.1, -0.05) is 30.3 Å². The molecule has 0 saturated heterocycles. The van der Waals surface area contributed by atoms with Gasteiger partial charge in [0.2, 0.25) is 0 Å². The molecule has 1 heterocycles. The molecular formula is C20H21N3O3. The lowest BCUT2D eigenvalue weighted by molar-refractivity contribution is 0.0950. The number of ether oxygens (including phenoxy) is 2. The summed E-state index contributed by atoms with van der Waals surface area (Å²) >= 11 is 0. The summed E-state index contributed by atoms with van der Waals surface area (Å²) in [6, 6.07) is 17.1. The van der Waals surface area contributed by atoms with E-state index in [1.165, 1.54) is 0 Å². The zero-order valence-electron chi connectivity index (χ0n) is 14.8. The second-order valence-electron chi connectivity index (χ2n) is 5.78. The molecule has 1 aromatic heterocycles. The number of rotatable bonds is 7. The highest BCUT2D eigenvalue weighted by atomic mass is 16.5. The molecule has 6 nitrogen and oxygen atoms in total. The van der Waals surface area contributed by atoms with Crippen LogP contribution in [0.5, 0.6) is 5.75 Å². The van der Waals surface area contributed by atoms with E-state index in [1.54, 1.807) is 26.4 Å². The number of hydrogen-bond acceptors (Lipinski definition) is 4. The average molecular weight is 351 g/mol. The van der Waals surface area contributed by atoms with Crippen molar-refractivity contribution >= 4 is 5.91 Å². The SMILES string of the molecule is COCc1cc(CNC(=O)c2ccc(-c3ccccc3OC)cc2)[nH]n1. The van der Waals surface area contributed by atoms with Gasteiger partial charge >= 0.3 is 0 Å². The highest BCUT2D eigenvalue weighted by Gasteiger charge is 2.09. The van der Waals surface area contributed by atoms with Crippen molar-refractivity contribution in [1.82, 2.24) is 15.5 Å². The van der Waals surface area contributed by atoms with Gasteiger partial charge in [-0.25, -0.2) is 0 Å². The number of benzene rings is 2. The van der Waals surface area contributed by atoms with Crippen LogP contribution in [0.1, 0.15) is 21.7 Å². The maximum absolute atomic E-state index is 12.3. The largest absolute Gasteiger partial charge is 0.496 e. The number of methoxy groups -OCH3 is 2. The minimum Gasteiger partial charge on any atom is -0.496 e. The van der Waals surface area contributed by atoms with Gasteiger partial charge in [-0.05, 0) is 29.8 Å². The summed E-state index contributed by atoms with van der Waals surface area (Å²) in [6.45, 7) is 0.818. The van der Waals surface area contributed by atoms with Crippen LogP contribution in [-0.4, -0.2) is 30.3 Å². The number of nitrogens with one attached hydrogen (secondary N) is 2. The molecule has 2 N–H and O–H groups in total. The summed E-state index contributed by atoms with van der Waals surface area (Å²) < 4.78 is 10.4. The van der Waals surface area contributed by atoms with Crippen molar-refractivity contribution in [1.29, 1.82) is 0 Å². The fourth-order valence-corrected chi connectivity index (χ4v) is 2.68. The van der Waals surface area contributed by atoms with Crippen LogP contribution < -0.4 is 10.1 Å². The number of aromatic amines is 1. The molecule has 0 radical (unpaired) electrons. The summed E-state index contributed by atoms with van der Waals surface area (Å²) in [7, 11) is 3.26. The third-order valence-corrected chi connectivity index (χ3v) is 3.98. The van der Waals surface area contributed by atoms with Crippen LogP contribution in [0.25, 0.3) is 11.1 Å². The molecule has 0 fully saturated rings. The smallest absolute Gasteiger partial charge is 0.251 e. The number of H-pyrrole nitrogens is 1. The van der Waals surface area contributed by atoms with Gasteiger partial charge in [0.1, 0.15) is 5.75 Å². The number of aromatic nitrogens is 2. The average Bonchev–Trinajstić information content (AvgIpc) is 3.14. The predicted octanol–water partition coefficient (Wildman–Crippen LogP) is 3.16. The minimum atomic E-state index is -0.139. The van der Waals surface area contributed by atoms with Gasteiger partial charge in [0.15, 0.2) is 0 Å². The molecule has 0 saturated carbocycles. The first-order valence-electron chi connectivity index (χ1n) is 8.25. The lowest BCUT2D eigenvalue weighted by atomic mass is 10.0. The van der Waals surface area contributed by atoms with Crippen molar-refractivity contribution in [2.75, 3.05) is 14.2 Å². The van der Waals surface area contributed by atoms with Crippen molar-refractivity contribution in [2.45, 2.75) is 13.2 Å². The topological polar surface area (TPSA) is 76.2 Å². The fraction of sp³-hybridized carbons (Fsp3) is 0.200. The van der Waals surface area contributed by atoms with E-state index in [-0.39, 0.29) is 5.91 Å². The van der Waals surface area contributed by atoms with E-state index < -0.39 is 0 Å². The van der Waals surface area contributed by atoms with Crippen LogP contribution in [0.3, 0.4) is 0 Å². The molecule has 6 heteroatoms. The molecule has 0 bridgehead atoms. The normalized spacial score (nSPS) is 10.5. The predicted molar refractivity (Wildman–Crippen MR) is 98.9 cm³/mol. The summed E-state index contributed by atoms with van der Waals surface area (Å²) in [5, 5.41) is 9.86. The zero-order chi connectivity index (χ0) is 18.4. The number of nitrogens with zero attached hydrogens (tertiary/aromatic N) is 1. The Bertz CT molecular complexity index is 872. The summed E-state index contributed by atoms with van der Waals surface area (Å²) in [5.41, 5.74) is 4.22. The molecule has 0 aliphatic rings. The second-order valence-corrected chi connectivity index (χ2v) is 5.78. The number of para-hydroxylation sites is 1. The van der Waals surface area contributed by atoms with E-state index in [0.29, 0.717) is 18.7 Å². The second kappa shape index (κ2) is 8.31. The zero-order valence-corrected chi connectivity index (χ0v) is 14.8. The monoisotopic (exact) mass is 351 g/mol. The van der Waals surface area contributed by atoms with E-state index in [4.69, 9.17) is 9.47 Å². The van der Waals surface area contributed by atoms with Gasteiger partial charge in [-0.3, -0.25) is 9.89 Å². The molecule has 134 valence electrons. The van der Waals surface area contributed by atoms with Crippen molar-refractivity contribution in [3.63, 3.8) is 0 Å². The van der Waals surface area contributed by atoms with Crippen LogP contribution in [0.2, 0.25) is 0 Å². The van der Waals surface area contributed by atoms with Crippen LogP contribution in [0.4, 0.5) is 0 Å². The molecule has 0 atom stereocenters. The standard InChI is InChI=1S/C20H21N3O3/c1-25-13-17-11-16(22-23-17)12-21-20(24)15-9-7-14(8-10-15)18-5-3-4-6-19(18)26-2/h3-11H,12-13H2,1-2H3,(H,21,24)(H,22,23). The Morgan fingerprint density at radius 3 is 2.62 bits per heavy atom. The molecule has 0 aliphatic carbocycles. The van der Waals surface area contributed by atoms with Crippen LogP contribution in [0.15, 0.2) is 54.6 Å². The third-order valence-electron chi connectivity index (χ3n) is 3.98. The van der Waals surface area contributed by atoms with Gasteiger partial charge in [-0.15, -0.1) is 0 Å². The molecular weight excluding hydrogens is 330 g/mol. The number of hydrogen-bond donors (Lipinski definition) is 2. The molecule has 1 amide bonds. The Hall–Kier alpha value is -3.12. The summed E-state index contributed by atoms with van der Waals surface area (Å²) in [5.74, 6) is 0.662. The first-order valence-corrected chi connectivity index (χ1v) is 8.25. The fourth-order valence-electron chi connectivity index (χ4n) is 2.68. The van der Waals surface area contributed by atoms with Gasteiger partial charge in [0, 0.05) is 18.2 Å². The maximum Gasteiger partial charge on any atom is 0.251 e. The molecule has 26 heavy (non-hydrogen) atoms. The van der Waals surface area contributed by atoms with Crippen molar-refractivity contribution in [2.24, 2.45) is 0 Å². The molecule has 3 rings (SSSR count). The first kappa shape index (κ1) is 17.7. The molecule has 0 spiro atoms. The van der Waals surface area contributed by atoms with E-state index in [1.807, 2.05) is 42.5 Å². The van der Waals surface area contributed by atoms with Crippen molar-refractivity contribution in [3.8, 4) is 16.9 Å². The molecule has 2 aromatic carbocycles.